The van der Waals surface area contributed by atoms with E-state index in [0.29, 0.717) is 12.0 Å². The largest absolute Gasteiger partial charge is 0.465 e. The summed E-state index contributed by atoms with van der Waals surface area (Å²) in [6, 6.07) is 15.9. The lowest BCUT2D eigenvalue weighted by atomic mass is 10.0. The third-order valence-corrected chi connectivity index (χ3v) is 4.75. The van der Waals surface area contributed by atoms with Gasteiger partial charge in [-0.1, -0.05) is 46.3 Å². The van der Waals surface area contributed by atoms with E-state index in [1.807, 2.05) is 51.1 Å². The summed E-state index contributed by atoms with van der Waals surface area (Å²) < 4.78 is 9.27. The lowest BCUT2D eigenvalue weighted by molar-refractivity contribution is -0.138. The minimum absolute atomic E-state index is 0.306. The van der Waals surface area contributed by atoms with Crippen molar-refractivity contribution in [3.05, 3.63) is 70.9 Å². The van der Waals surface area contributed by atoms with Gasteiger partial charge in [-0.15, -0.1) is 0 Å². The summed E-state index contributed by atoms with van der Waals surface area (Å²) in [6.07, 6.45) is 0.826. The van der Waals surface area contributed by atoms with Gasteiger partial charge in [0.2, 0.25) is 0 Å². The third kappa shape index (κ3) is 6.46. The molecule has 0 saturated carbocycles. The van der Waals surface area contributed by atoms with Gasteiger partial charge in [0.1, 0.15) is 5.60 Å². The summed E-state index contributed by atoms with van der Waals surface area (Å²) in [4.78, 5) is 24.5. The predicted octanol–water partition coefficient (Wildman–Crippen LogP) is 5.40. The number of ether oxygens (including phenoxy) is 2. The van der Waals surface area contributed by atoms with Gasteiger partial charge in [0, 0.05) is 21.9 Å². The summed E-state index contributed by atoms with van der Waals surface area (Å²) in [5.74, 6) is -0.306. The number of hydrogen-bond donors (Lipinski definition) is 1. The highest BCUT2D eigenvalue weighted by atomic mass is 79.9. The number of halogens is 1. The molecule has 0 unspecified atom stereocenters. The number of alkyl halides is 1. The second-order valence-corrected chi connectivity index (χ2v) is 8.01. The van der Waals surface area contributed by atoms with Crippen molar-refractivity contribution in [3.8, 4) is 0 Å². The minimum atomic E-state index is -0.318. The number of aromatic nitrogens is 1. The number of para-hydroxylation sites is 1. The molecule has 2 aromatic carbocycles. The first-order chi connectivity index (χ1) is 13.8. The van der Waals surface area contributed by atoms with Gasteiger partial charge in [0.15, 0.2) is 0 Å². The summed E-state index contributed by atoms with van der Waals surface area (Å²) in [5.41, 5.74) is 5.06. The van der Waals surface area contributed by atoms with Crippen LogP contribution in [0, 0.1) is 0 Å². The fraction of sp³-hybridized carbons (Fsp3) is 0.304. The first kappa shape index (κ1) is 22.7. The van der Waals surface area contributed by atoms with E-state index in [1.54, 1.807) is 0 Å². The van der Waals surface area contributed by atoms with Crippen LogP contribution in [0.15, 0.2) is 48.5 Å². The molecule has 0 bridgehead atoms. The second kappa shape index (κ2) is 10.3. The molecular weight excluding hydrogens is 434 g/mol. The Morgan fingerprint density at radius 3 is 2.28 bits per heavy atom. The number of esters is 1. The van der Waals surface area contributed by atoms with Crippen molar-refractivity contribution in [3.63, 3.8) is 0 Å². The van der Waals surface area contributed by atoms with Crippen molar-refractivity contribution in [2.45, 2.75) is 38.1 Å². The lowest BCUT2D eigenvalue weighted by Crippen LogP contribution is -2.17. The van der Waals surface area contributed by atoms with Gasteiger partial charge >= 0.3 is 5.97 Å². The molecule has 1 aromatic heterocycles. The van der Waals surface area contributed by atoms with Crippen LogP contribution in [0.5, 0.6) is 0 Å². The first-order valence-corrected chi connectivity index (χ1v) is 10.3. The molecule has 0 aliphatic carbocycles. The molecule has 6 heteroatoms. The zero-order chi connectivity index (χ0) is 21.4. The van der Waals surface area contributed by atoms with Crippen LogP contribution in [0.1, 0.15) is 48.0 Å². The molecular formula is C23H26BrNO4. The van der Waals surface area contributed by atoms with Crippen LogP contribution < -0.4 is 0 Å². The fourth-order valence-electron chi connectivity index (χ4n) is 2.80. The van der Waals surface area contributed by atoms with E-state index in [0.717, 1.165) is 17.3 Å². The van der Waals surface area contributed by atoms with Crippen LogP contribution in [0.3, 0.4) is 0 Å². The normalized spacial score (nSPS) is 10.8. The third-order valence-electron chi connectivity index (χ3n) is 4.19. The SMILES string of the molecule is CC(C)(C)OC=O.COC(=O)c1ccc(Cc2c(CBr)[nH]c3ccccc23)cc1. The number of benzene rings is 2. The molecule has 1 heterocycles. The van der Waals surface area contributed by atoms with E-state index in [1.165, 1.54) is 29.3 Å². The molecule has 0 fully saturated rings. The van der Waals surface area contributed by atoms with Crippen molar-refractivity contribution in [1.82, 2.24) is 4.98 Å². The molecule has 3 rings (SSSR count). The molecule has 154 valence electrons. The van der Waals surface area contributed by atoms with Gasteiger partial charge in [0.05, 0.1) is 12.7 Å². The molecule has 29 heavy (non-hydrogen) atoms. The van der Waals surface area contributed by atoms with Crippen molar-refractivity contribution in [1.29, 1.82) is 0 Å². The number of carbonyl (C=O) groups excluding carboxylic acids is 2. The Bertz CT molecular complexity index is 955. The molecule has 0 spiro atoms. The summed E-state index contributed by atoms with van der Waals surface area (Å²) >= 11 is 3.55. The van der Waals surface area contributed by atoms with E-state index in [2.05, 4.69) is 43.8 Å². The van der Waals surface area contributed by atoms with Gasteiger partial charge in [0.25, 0.3) is 6.47 Å². The maximum absolute atomic E-state index is 11.5. The van der Waals surface area contributed by atoms with Gasteiger partial charge < -0.3 is 14.5 Å². The number of hydrogen-bond acceptors (Lipinski definition) is 4. The molecule has 0 saturated heterocycles. The number of fused-ring (bicyclic) bond motifs is 1. The average Bonchev–Trinajstić information content (AvgIpc) is 3.05. The maximum Gasteiger partial charge on any atom is 0.337 e. The van der Waals surface area contributed by atoms with Crippen LogP contribution in [-0.2, 0) is 26.0 Å². The Kier molecular flexibility index (Phi) is 8.02. The Labute approximate surface area is 179 Å². The molecule has 0 atom stereocenters. The Morgan fingerprint density at radius 1 is 1.10 bits per heavy atom. The van der Waals surface area contributed by atoms with Gasteiger partial charge in [-0.2, -0.15) is 0 Å². The monoisotopic (exact) mass is 459 g/mol. The van der Waals surface area contributed by atoms with E-state index >= 15 is 0 Å². The summed E-state index contributed by atoms with van der Waals surface area (Å²) in [6.45, 7) is 5.92. The smallest absolute Gasteiger partial charge is 0.337 e. The van der Waals surface area contributed by atoms with Crippen LogP contribution in [0.2, 0.25) is 0 Å². The first-order valence-electron chi connectivity index (χ1n) is 9.22. The number of aromatic amines is 1. The van der Waals surface area contributed by atoms with Crippen molar-refractivity contribution >= 4 is 39.3 Å². The summed E-state index contributed by atoms with van der Waals surface area (Å²) in [5, 5.41) is 2.03. The molecule has 0 aliphatic rings. The van der Waals surface area contributed by atoms with Crippen molar-refractivity contribution < 1.29 is 19.1 Å². The topological polar surface area (TPSA) is 68.4 Å². The highest BCUT2D eigenvalue weighted by Gasteiger charge is 2.12. The van der Waals surface area contributed by atoms with E-state index in [-0.39, 0.29) is 11.6 Å². The zero-order valence-electron chi connectivity index (χ0n) is 17.1. The van der Waals surface area contributed by atoms with Crippen LogP contribution in [0.25, 0.3) is 10.9 Å². The molecule has 5 nitrogen and oxygen atoms in total. The summed E-state index contributed by atoms with van der Waals surface area (Å²) in [7, 11) is 1.39. The lowest BCUT2D eigenvalue weighted by Gasteiger charge is -2.14. The van der Waals surface area contributed by atoms with Crippen molar-refractivity contribution in [2.75, 3.05) is 7.11 Å². The fourth-order valence-corrected chi connectivity index (χ4v) is 3.28. The van der Waals surface area contributed by atoms with E-state index < -0.39 is 0 Å². The van der Waals surface area contributed by atoms with Crippen LogP contribution >= 0.6 is 15.9 Å². The van der Waals surface area contributed by atoms with Gasteiger partial charge in [-0.05, 0) is 56.5 Å². The predicted molar refractivity (Wildman–Crippen MR) is 118 cm³/mol. The van der Waals surface area contributed by atoms with E-state index in [4.69, 9.17) is 4.74 Å². The highest BCUT2D eigenvalue weighted by molar-refractivity contribution is 9.08. The quantitative estimate of drug-likeness (QED) is 0.315. The number of rotatable bonds is 5. The maximum atomic E-state index is 11.5. The standard InChI is InChI=1S/C18H16BrNO2.C5H10O2/c1-22-18(21)13-8-6-12(7-9-13)10-15-14-4-2-3-5-16(14)20-17(15)11-19;1-5(2,3)7-4-6/h2-9,20H,10-11H2,1H3;4H,1-3H3. The molecule has 1 N–H and O–H groups in total. The molecule has 0 aliphatic heterocycles. The van der Waals surface area contributed by atoms with Gasteiger partial charge in [-0.25, -0.2) is 4.79 Å². The Hall–Kier alpha value is -2.60. The van der Waals surface area contributed by atoms with Gasteiger partial charge in [-0.3, -0.25) is 4.79 Å². The minimum Gasteiger partial charge on any atom is -0.465 e. The Morgan fingerprint density at radius 2 is 1.76 bits per heavy atom. The average molecular weight is 460 g/mol. The van der Waals surface area contributed by atoms with E-state index in [9.17, 15) is 9.59 Å². The molecule has 3 aromatic rings. The number of carbonyl (C=O) groups is 2. The number of H-pyrrole nitrogens is 1. The zero-order valence-corrected chi connectivity index (χ0v) is 18.7. The number of nitrogens with one attached hydrogen (secondary N) is 1. The highest BCUT2D eigenvalue weighted by Crippen LogP contribution is 2.26. The van der Waals surface area contributed by atoms with Crippen LogP contribution in [0.4, 0.5) is 0 Å². The number of methoxy groups -OCH3 is 1. The Balaban J connectivity index is 0.000000370. The van der Waals surface area contributed by atoms with Crippen LogP contribution in [-0.4, -0.2) is 30.1 Å². The molecule has 0 radical (unpaired) electrons. The molecule has 0 amide bonds. The second-order valence-electron chi connectivity index (χ2n) is 7.45. The van der Waals surface area contributed by atoms with Crippen molar-refractivity contribution in [2.24, 2.45) is 0 Å².